The summed E-state index contributed by atoms with van der Waals surface area (Å²) in [5.41, 5.74) is 1.68. The Balaban J connectivity index is 2.12. The Morgan fingerprint density at radius 3 is 2.59 bits per heavy atom. The van der Waals surface area contributed by atoms with E-state index in [2.05, 4.69) is 15.1 Å². The van der Waals surface area contributed by atoms with Crippen molar-refractivity contribution in [1.82, 2.24) is 19.6 Å². The van der Waals surface area contributed by atoms with E-state index in [1.807, 2.05) is 55.0 Å². The Hall–Kier alpha value is -2.93. The average Bonchev–Trinajstić information content (AvgIpc) is 3.05. The van der Waals surface area contributed by atoms with Crippen LogP contribution in [0.2, 0.25) is 6.82 Å². The van der Waals surface area contributed by atoms with Crippen molar-refractivity contribution in [3.8, 4) is 6.07 Å². The van der Waals surface area contributed by atoms with E-state index in [0.29, 0.717) is 18.0 Å². The molecule has 0 unspecified atom stereocenters. The summed E-state index contributed by atoms with van der Waals surface area (Å²) in [6, 6.07) is 12.0. The lowest BCUT2D eigenvalue weighted by Crippen LogP contribution is -2.40. The van der Waals surface area contributed by atoms with Gasteiger partial charge >= 0.3 is 0 Å². The van der Waals surface area contributed by atoms with Crippen molar-refractivity contribution in [2.75, 3.05) is 17.6 Å². The highest BCUT2D eigenvalue weighted by Crippen LogP contribution is 2.22. The Bertz CT molecular complexity index is 1110. The third kappa shape index (κ3) is 3.78. The second-order valence-electron chi connectivity index (χ2n) is 6.31. The molecule has 0 amide bonds. The minimum atomic E-state index is -3.65. The van der Waals surface area contributed by atoms with Crippen molar-refractivity contribution in [2.24, 2.45) is 0 Å². The molecule has 0 aliphatic carbocycles. The van der Waals surface area contributed by atoms with Gasteiger partial charge in [-0.25, -0.2) is 13.4 Å². The van der Waals surface area contributed by atoms with Gasteiger partial charge in [-0.1, -0.05) is 42.7 Å². The molecule has 0 radical (unpaired) electrons. The molecule has 3 rings (SSSR count). The Labute approximate surface area is 158 Å². The number of sulfone groups is 1. The van der Waals surface area contributed by atoms with Crippen LogP contribution in [0, 0.1) is 11.3 Å². The predicted molar refractivity (Wildman–Crippen MR) is 103 cm³/mol. The van der Waals surface area contributed by atoms with Gasteiger partial charge in [0.15, 0.2) is 17.2 Å². The molecule has 138 valence electrons. The van der Waals surface area contributed by atoms with Crippen LogP contribution in [0.25, 0.3) is 5.65 Å². The molecule has 0 spiro atoms. The van der Waals surface area contributed by atoms with Crippen LogP contribution in [0.3, 0.4) is 0 Å². The van der Waals surface area contributed by atoms with E-state index in [0.717, 1.165) is 18.1 Å². The zero-order valence-corrected chi connectivity index (χ0v) is 16.2. The quantitative estimate of drug-likeness (QED) is 0.597. The zero-order chi connectivity index (χ0) is 19.6. The fourth-order valence-corrected chi connectivity index (χ4v) is 3.49. The molecule has 1 aromatic carbocycles. The molecule has 8 nitrogen and oxygen atoms in total. The molecule has 0 N–H and O–H groups in total. The highest BCUT2D eigenvalue weighted by molar-refractivity contribution is 7.90. The highest BCUT2D eigenvalue weighted by Gasteiger charge is 2.26. The lowest BCUT2D eigenvalue weighted by molar-refractivity contribution is 0.587. The van der Waals surface area contributed by atoms with E-state index in [1.54, 1.807) is 0 Å². The average molecular weight is 382 g/mol. The van der Waals surface area contributed by atoms with E-state index in [9.17, 15) is 13.7 Å². The van der Waals surface area contributed by atoms with Gasteiger partial charge in [-0.05, 0) is 13.2 Å². The first-order valence-corrected chi connectivity index (χ1v) is 10.4. The third-order valence-electron chi connectivity index (χ3n) is 4.29. The van der Waals surface area contributed by atoms with Crippen molar-refractivity contribution >= 4 is 28.1 Å². The first kappa shape index (κ1) is 18.9. The Morgan fingerprint density at radius 2 is 2.00 bits per heavy atom. The molecule has 0 saturated carbocycles. The molecular formula is C17H19BN6O2S. The fraction of sp³-hybridized carbons (Fsp3) is 0.294. The number of hydrogen-bond donors (Lipinski definition) is 0. The van der Waals surface area contributed by atoms with E-state index in [4.69, 9.17) is 0 Å². The smallest absolute Gasteiger partial charge is 0.267 e. The molecule has 0 bridgehead atoms. The van der Waals surface area contributed by atoms with Crippen LogP contribution in [-0.4, -0.2) is 47.6 Å². The number of fused-ring (bicyclic) bond motifs is 1. The predicted octanol–water partition coefficient (Wildman–Crippen LogP) is 1.63. The molecule has 2 heterocycles. The van der Waals surface area contributed by atoms with Gasteiger partial charge in [0.2, 0.25) is 9.84 Å². The van der Waals surface area contributed by atoms with Gasteiger partial charge in [0, 0.05) is 12.8 Å². The van der Waals surface area contributed by atoms with Crippen molar-refractivity contribution in [1.29, 1.82) is 5.26 Å². The minimum Gasteiger partial charge on any atom is -0.397 e. The van der Waals surface area contributed by atoms with Crippen LogP contribution < -0.4 is 4.81 Å². The molecule has 0 fully saturated rings. The van der Waals surface area contributed by atoms with Crippen LogP contribution in [0.4, 0.5) is 5.82 Å². The van der Waals surface area contributed by atoms with Gasteiger partial charge in [0.05, 0.1) is 6.20 Å². The summed E-state index contributed by atoms with van der Waals surface area (Å²) in [5.74, 6) is 0.401. The van der Waals surface area contributed by atoms with Gasteiger partial charge in [0.25, 0.3) is 12.0 Å². The van der Waals surface area contributed by atoms with Gasteiger partial charge < -0.3 is 4.81 Å². The van der Waals surface area contributed by atoms with Gasteiger partial charge in [-0.3, -0.25) is 0 Å². The van der Waals surface area contributed by atoms with Crippen molar-refractivity contribution in [2.45, 2.75) is 25.2 Å². The maximum atomic E-state index is 12.1. The number of rotatable bonds is 6. The first-order valence-electron chi connectivity index (χ1n) is 8.51. The molecule has 3 aromatic rings. The maximum absolute atomic E-state index is 12.1. The number of imidazole rings is 1. The standard InChI is InChI=1S/C17H19BN6O2S/c1-4-23(18(2)10-13-8-6-5-7-9-13)16-15-20-12-14(11-19)24(15)22-17(21-16)27(3,25)26/h5-9,12H,4,10H2,1-3H3. The Morgan fingerprint density at radius 1 is 1.30 bits per heavy atom. The molecule has 0 atom stereocenters. The van der Waals surface area contributed by atoms with Crippen molar-refractivity contribution in [3.05, 3.63) is 47.8 Å². The van der Waals surface area contributed by atoms with Gasteiger partial charge in [0.1, 0.15) is 6.07 Å². The van der Waals surface area contributed by atoms with Gasteiger partial charge in [-0.15, -0.1) is 5.10 Å². The third-order valence-corrected chi connectivity index (χ3v) is 5.13. The summed E-state index contributed by atoms with van der Waals surface area (Å²) in [6.45, 7) is 4.64. The summed E-state index contributed by atoms with van der Waals surface area (Å²) in [4.78, 5) is 10.5. The van der Waals surface area contributed by atoms with Gasteiger partial charge in [-0.2, -0.15) is 14.8 Å². The summed E-state index contributed by atoms with van der Waals surface area (Å²) in [6.07, 6.45) is 3.17. The van der Waals surface area contributed by atoms with E-state index < -0.39 is 9.84 Å². The summed E-state index contributed by atoms with van der Waals surface area (Å²) in [7, 11) is -3.65. The Kier molecular flexibility index (Phi) is 5.14. The lowest BCUT2D eigenvalue weighted by Gasteiger charge is -2.27. The van der Waals surface area contributed by atoms with Crippen molar-refractivity contribution < 1.29 is 8.42 Å². The van der Waals surface area contributed by atoms with Crippen LogP contribution in [-0.2, 0) is 16.2 Å². The molecule has 2 aromatic heterocycles. The number of hydrogen-bond acceptors (Lipinski definition) is 7. The second kappa shape index (κ2) is 7.36. The first-order chi connectivity index (χ1) is 12.8. The number of aromatic nitrogens is 4. The van der Waals surface area contributed by atoms with E-state index in [1.165, 1.54) is 10.7 Å². The van der Waals surface area contributed by atoms with Crippen LogP contribution >= 0.6 is 0 Å². The number of nitrogens with zero attached hydrogens (tertiary/aromatic N) is 6. The number of anilines is 1. The van der Waals surface area contributed by atoms with Crippen LogP contribution in [0.1, 0.15) is 18.2 Å². The number of benzene rings is 1. The summed E-state index contributed by atoms with van der Waals surface area (Å²) >= 11 is 0. The van der Waals surface area contributed by atoms with Crippen LogP contribution in [0.5, 0.6) is 0 Å². The number of nitriles is 1. The molecular weight excluding hydrogens is 363 g/mol. The summed E-state index contributed by atoms with van der Waals surface area (Å²) in [5, 5.41) is 12.9. The largest absolute Gasteiger partial charge is 0.397 e. The molecule has 0 aliphatic heterocycles. The molecule has 0 saturated heterocycles. The molecule has 0 aliphatic rings. The molecule has 10 heteroatoms. The lowest BCUT2D eigenvalue weighted by atomic mass is 9.58. The molecule has 27 heavy (non-hydrogen) atoms. The van der Waals surface area contributed by atoms with Crippen molar-refractivity contribution in [3.63, 3.8) is 0 Å². The highest BCUT2D eigenvalue weighted by atomic mass is 32.2. The normalized spacial score (nSPS) is 11.3. The SMILES string of the molecule is CCN(B(C)Cc1ccccc1)c1nc(S(C)(=O)=O)nn2c(C#N)cnc12. The minimum absolute atomic E-state index is 0.0331. The second-order valence-corrected chi connectivity index (χ2v) is 8.22. The van der Waals surface area contributed by atoms with Crippen LogP contribution in [0.15, 0.2) is 41.7 Å². The zero-order valence-electron chi connectivity index (χ0n) is 15.4. The van der Waals surface area contributed by atoms with E-state index >= 15 is 0 Å². The maximum Gasteiger partial charge on any atom is 0.267 e. The monoisotopic (exact) mass is 382 g/mol. The topological polar surface area (TPSA) is 104 Å². The fourth-order valence-electron chi connectivity index (χ4n) is 3.01. The van der Waals surface area contributed by atoms with E-state index in [-0.39, 0.29) is 17.7 Å². The summed E-state index contributed by atoms with van der Waals surface area (Å²) < 4.78 is 25.4.